The van der Waals surface area contributed by atoms with E-state index in [1.807, 2.05) is 38.1 Å². The van der Waals surface area contributed by atoms with Crippen molar-refractivity contribution in [2.24, 2.45) is 5.92 Å². The van der Waals surface area contributed by atoms with Crippen molar-refractivity contribution in [1.29, 1.82) is 0 Å². The number of aryl methyl sites for hydroxylation is 1. The lowest BCUT2D eigenvalue weighted by atomic mass is 10.1. The monoisotopic (exact) mass is 301 g/mol. The Balaban J connectivity index is 1.89. The topological polar surface area (TPSA) is 84.2 Å². The lowest BCUT2D eigenvalue weighted by Gasteiger charge is -2.08. The van der Waals surface area contributed by atoms with E-state index in [0.29, 0.717) is 12.3 Å². The van der Waals surface area contributed by atoms with E-state index in [2.05, 4.69) is 15.8 Å². The molecule has 0 fully saturated rings. The van der Waals surface area contributed by atoms with Gasteiger partial charge in [0.05, 0.1) is 0 Å². The molecule has 0 atom stereocenters. The van der Waals surface area contributed by atoms with Gasteiger partial charge >= 0.3 is 0 Å². The van der Waals surface area contributed by atoms with Gasteiger partial charge in [-0.1, -0.05) is 31.1 Å². The maximum atomic E-state index is 11.8. The first kappa shape index (κ1) is 15.8. The summed E-state index contributed by atoms with van der Waals surface area (Å²) in [5.41, 5.74) is 1.93. The van der Waals surface area contributed by atoms with Crippen LogP contribution in [0.25, 0.3) is 0 Å². The molecule has 0 saturated heterocycles. The second-order valence-corrected chi connectivity index (χ2v) is 5.35. The Morgan fingerprint density at radius 3 is 2.45 bits per heavy atom. The number of rotatable bonds is 5. The maximum absolute atomic E-state index is 11.8. The first-order valence-electron chi connectivity index (χ1n) is 7.07. The van der Waals surface area contributed by atoms with Gasteiger partial charge in [0.15, 0.2) is 5.69 Å². The van der Waals surface area contributed by atoms with Crippen LogP contribution in [-0.4, -0.2) is 17.0 Å². The third-order valence-electron chi connectivity index (χ3n) is 3.06. The van der Waals surface area contributed by atoms with Gasteiger partial charge in [0.2, 0.25) is 5.91 Å². The highest BCUT2D eigenvalue weighted by atomic mass is 16.5. The minimum absolute atomic E-state index is 0.0255. The van der Waals surface area contributed by atoms with Crippen LogP contribution in [0.3, 0.4) is 0 Å². The predicted molar refractivity (Wildman–Crippen MR) is 82.3 cm³/mol. The Morgan fingerprint density at radius 2 is 1.91 bits per heavy atom. The summed E-state index contributed by atoms with van der Waals surface area (Å²) in [4.78, 5) is 23.4. The largest absolute Gasteiger partial charge is 0.361 e. The molecule has 0 aliphatic carbocycles. The van der Waals surface area contributed by atoms with Crippen LogP contribution < -0.4 is 10.6 Å². The fourth-order valence-electron chi connectivity index (χ4n) is 1.74. The molecule has 116 valence electrons. The Bertz CT molecular complexity index is 660. The summed E-state index contributed by atoms with van der Waals surface area (Å²) in [5, 5.41) is 9.23. The van der Waals surface area contributed by atoms with Crippen LogP contribution in [0.15, 0.2) is 34.9 Å². The van der Waals surface area contributed by atoms with Crippen LogP contribution >= 0.6 is 0 Å². The maximum Gasteiger partial charge on any atom is 0.273 e. The van der Waals surface area contributed by atoms with Crippen molar-refractivity contribution in [3.63, 3.8) is 0 Å². The molecule has 2 N–H and O–H groups in total. The van der Waals surface area contributed by atoms with Crippen molar-refractivity contribution in [2.75, 3.05) is 5.32 Å². The number of carbonyl (C=O) groups excluding carboxylic acids is 2. The molecule has 2 aromatic rings. The summed E-state index contributed by atoms with van der Waals surface area (Å²) >= 11 is 0. The lowest BCUT2D eigenvalue weighted by Crippen LogP contribution is -2.23. The number of nitrogens with zero attached hydrogens (tertiary/aromatic N) is 1. The van der Waals surface area contributed by atoms with Gasteiger partial charge in [0.25, 0.3) is 5.91 Å². The average molecular weight is 301 g/mol. The zero-order chi connectivity index (χ0) is 16.1. The Kier molecular flexibility index (Phi) is 4.93. The van der Waals surface area contributed by atoms with Gasteiger partial charge in [-0.05, 0) is 24.6 Å². The molecule has 0 aliphatic rings. The molecular formula is C16H19N3O3. The van der Waals surface area contributed by atoms with Crippen LogP contribution in [-0.2, 0) is 11.3 Å². The van der Waals surface area contributed by atoms with Crippen LogP contribution in [0, 0.1) is 12.8 Å². The zero-order valence-corrected chi connectivity index (χ0v) is 12.8. The first-order chi connectivity index (χ1) is 10.5. The van der Waals surface area contributed by atoms with Gasteiger partial charge in [-0.25, -0.2) is 0 Å². The average Bonchev–Trinajstić information content (AvgIpc) is 2.92. The molecule has 6 nitrogen and oxygen atoms in total. The number of hydrogen-bond acceptors (Lipinski definition) is 4. The van der Waals surface area contributed by atoms with E-state index >= 15 is 0 Å². The van der Waals surface area contributed by atoms with Crippen molar-refractivity contribution in [3.05, 3.63) is 47.3 Å². The van der Waals surface area contributed by atoms with Gasteiger partial charge in [0.1, 0.15) is 5.76 Å². The molecule has 0 unspecified atom stereocenters. The second kappa shape index (κ2) is 6.89. The Labute approximate surface area is 128 Å². The van der Waals surface area contributed by atoms with Crippen molar-refractivity contribution in [2.45, 2.75) is 27.3 Å². The summed E-state index contributed by atoms with van der Waals surface area (Å²) in [6, 6.07) is 8.90. The van der Waals surface area contributed by atoms with Gasteiger partial charge in [-0.15, -0.1) is 0 Å². The van der Waals surface area contributed by atoms with E-state index in [4.69, 9.17) is 4.52 Å². The molecule has 1 aromatic heterocycles. The molecule has 0 saturated carbocycles. The number of carbonyl (C=O) groups is 2. The number of nitrogens with one attached hydrogen (secondary N) is 2. The number of hydrogen-bond donors (Lipinski definition) is 2. The summed E-state index contributed by atoms with van der Waals surface area (Å²) in [5.74, 6) is 0.219. The summed E-state index contributed by atoms with van der Waals surface area (Å²) in [7, 11) is 0. The molecule has 22 heavy (non-hydrogen) atoms. The van der Waals surface area contributed by atoms with E-state index < -0.39 is 0 Å². The third-order valence-corrected chi connectivity index (χ3v) is 3.06. The highest BCUT2D eigenvalue weighted by Crippen LogP contribution is 2.11. The first-order valence-corrected chi connectivity index (χ1v) is 7.07. The lowest BCUT2D eigenvalue weighted by molar-refractivity contribution is -0.118. The van der Waals surface area contributed by atoms with Gasteiger partial charge in [-0.3, -0.25) is 9.59 Å². The minimum Gasteiger partial charge on any atom is -0.361 e. The van der Waals surface area contributed by atoms with Crippen LogP contribution in [0.1, 0.15) is 35.7 Å². The van der Waals surface area contributed by atoms with Crippen molar-refractivity contribution >= 4 is 17.5 Å². The Morgan fingerprint density at radius 1 is 1.23 bits per heavy atom. The van der Waals surface area contributed by atoms with E-state index in [-0.39, 0.29) is 23.4 Å². The van der Waals surface area contributed by atoms with E-state index in [1.54, 1.807) is 13.0 Å². The summed E-state index contributed by atoms with van der Waals surface area (Å²) in [6.07, 6.45) is 0. The molecule has 2 amide bonds. The third kappa shape index (κ3) is 4.18. The van der Waals surface area contributed by atoms with E-state index in [9.17, 15) is 9.59 Å². The predicted octanol–water partition coefficient (Wildman–Crippen LogP) is 2.51. The molecule has 1 aromatic carbocycles. The number of anilines is 1. The number of benzene rings is 1. The second-order valence-electron chi connectivity index (χ2n) is 5.35. The fourth-order valence-corrected chi connectivity index (χ4v) is 1.74. The van der Waals surface area contributed by atoms with Gasteiger partial charge < -0.3 is 15.2 Å². The zero-order valence-electron chi connectivity index (χ0n) is 12.8. The molecule has 1 heterocycles. The Hall–Kier alpha value is -2.63. The molecule has 0 spiro atoms. The van der Waals surface area contributed by atoms with E-state index in [1.165, 1.54) is 0 Å². The van der Waals surface area contributed by atoms with Crippen molar-refractivity contribution < 1.29 is 14.1 Å². The molecule has 0 aliphatic heterocycles. The minimum atomic E-state index is -0.283. The van der Waals surface area contributed by atoms with Crippen molar-refractivity contribution in [1.82, 2.24) is 10.5 Å². The summed E-state index contributed by atoms with van der Waals surface area (Å²) in [6.45, 7) is 5.78. The fraction of sp³-hybridized carbons (Fsp3) is 0.312. The highest BCUT2D eigenvalue weighted by Gasteiger charge is 2.10. The van der Waals surface area contributed by atoms with Crippen LogP contribution in [0.2, 0.25) is 0 Å². The molecule has 0 radical (unpaired) electrons. The molecule has 0 bridgehead atoms. The van der Waals surface area contributed by atoms with Gasteiger partial charge in [0, 0.05) is 24.2 Å². The molecule has 6 heteroatoms. The van der Waals surface area contributed by atoms with Crippen LogP contribution in [0.5, 0.6) is 0 Å². The number of amides is 2. The van der Waals surface area contributed by atoms with E-state index in [0.717, 1.165) is 11.3 Å². The normalized spacial score (nSPS) is 10.5. The number of aromatic nitrogens is 1. The quantitative estimate of drug-likeness (QED) is 0.888. The summed E-state index contributed by atoms with van der Waals surface area (Å²) < 4.78 is 4.86. The molecular weight excluding hydrogens is 282 g/mol. The smallest absolute Gasteiger partial charge is 0.273 e. The standard InChI is InChI=1S/C16H19N3O3/c1-10(2)15(20)18-13-6-4-12(5-7-13)9-17-16(21)14-8-11(3)22-19-14/h4-8,10H,9H2,1-3H3,(H,17,21)(H,18,20). The van der Waals surface area contributed by atoms with Crippen LogP contribution in [0.4, 0.5) is 5.69 Å². The van der Waals surface area contributed by atoms with Gasteiger partial charge in [-0.2, -0.15) is 0 Å². The van der Waals surface area contributed by atoms with Crippen molar-refractivity contribution in [3.8, 4) is 0 Å². The molecule has 2 rings (SSSR count). The highest BCUT2D eigenvalue weighted by molar-refractivity contribution is 5.92. The SMILES string of the molecule is Cc1cc(C(=O)NCc2ccc(NC(=O)C(C)C)cc2)no1.